The molecule has 0 aliphatic carbocycles. The lowest BCUT2D eigenvalue weighted by Crippen LogP contribution is -2.41. The lowest BCUT2D eigenvalue weighted by atomic mass is 10.1. The van der Waals surface area contributed by atoms with Crippen LogP contribution >= 0.6 is 0 Å². The SMILES string of the molecule is CC(CCc1ccccc1)NS(=O)(=O)C(C)CN. The summed E-state index contributed by atoms with van der Waals surface area (Å²) in [6.07, 6.45) is 1.64. The molecule has 0 aliphatic heterocycles. The van der Waals surface area contributed by atoms with Gasteiger partial charge in [-0.2, -0.15) is 0 Å². The largest absolute Gasteiger partial charge is 0.329 e. The minimum absolute atomic E-state index is 0.0794. The summed E-state index contributed by atoms with van der Waals surface area (Å²) in [7, 11) is -3.29. The minimum Gasteiger partial charge on any atom is -0.329 e. The third-order valence-corrected chi connectivity index (χ3v) is 4.92. The van der Waals surface area contributed by atoms with Crippen LogP contribution in [0.25, 0.3) is 0 Å². The summed E-state index contributed by atoms with van der Waals surface area (Å²) < 4.78 is 26.3. The van der Waals surface area contributed by atoms with Crippen molar-refractivity contribution in [2.75, 3.05) is 6.54 Å². The van der Waals surface area contributed by atoms with Crippen LogP contribution in [0.15, 0.2) is 30.3 Å². The van der Waals surface area contributed by atoms with E-state index in [2.05, 4.69) is 4.72 Å². The summed E-state index contributed by atoms with van der Waals surface area (Å²) in [5.41, 5.74) is 6.60. The molecule has 3 N–H and O–H groups in total. The van der Waals surface area contributed by atoms with Crippen molar-refractivity contribution < 1.29 is 8.42 Å². The fraction of sp³-hybridized carbons (Fsp3) is 0.538. The van der Waals surface area contributed by atoms with E-state index >= 15 is 0 Å². The van der Waals surface area contributed by atoms with Crippen LogP contribution in [-0.2, 0) is 16.4 Å². The summed E-state index contributed by atoms with van der Waals surface area (Å²) in [5.74, 6) is 0. The van der Waals surface area contributed by atoms with Crippen LogP contribution in [0.3, 0.4) is 0 Å². The monoisotopic (exact) mass is 270 g/mol. The second-order valence-corrected chi connectivity index (χ2v) is 6.76. The summed E-state index contributed by atoms with van der Waals surface area (Å²) >= 11 is 0. The zero-order chi connectivity index (χ0) is 13.6. The molecule has 0 aliphatic rings. The van der Waals surface area contributed by atoms with Crippen LogP contribution in [0.4, 0.5) is 0 Å². The first-order chi connectivity index (χ1) is 8.45. The molecule has 0 bridgehead atoms. The average molecular weight is 270 g/mol. The molecule has 2 atom stereocenters. The highest BCUT2D eigenvalue weighted by Gasteiger charge is 2.20. The van der Waals surface area contributed by atoms with Gasteiger partial charge >= 0.3 is 0 Å². The Balaban J connectivity index is 2.45. The second-order valence-electron chi connectivity index (χ2n) is 4.63. The Labute approximate surface area is 110 Å². The maximum Gasteiger partial charge on any atom is 0.215 e. The molecule has 0 fully saturated rings. The van der Waals surface area contributed by atoms with E-state index in [4.69, 9.17) is 5.73 Å². The highest BCUT2D eigenvalue weighted by Crippen LogP contribution is 2.06. The Hall–Kier alpha value is -0.910. The predicted molar refractivity (Wildman–Crippen MR) is 74.8 cm³/mol. The van der Waals surface area contributed by atoms with Gasteiger partial charge in [0.15, 0.2) is 0 Å². The number of rotatable bonds is 7. The Kier molecular flexibility index (Phi) is 5.78. The molecular formula is C13H22N2O2S. The van der Waals surface area contributed by atoms with Crippen LogP contribution in [0.2, 0.25) is 0 Å². The Morgan fingerprint density at radius 2 is 1.83 bits per heavy atom. The zero-order valence-corrected chi connectivity index (χ0v) is 11.8. The maximum absolute atomic E-state index is 11.8. The van der Waals surface area contributed by atoms with Gasteiger partial charge in [-0.05, 0) is 32.3 Å². The van der Waals surface area contributed by atoms with Crippen molar-refractivity contribution in [2.24, 2.45) is 5.73 Å². The Bertz CT molecular complexity index is 445. The van der Waals surface area contributed by atoms with Crippen molar-refractivity contribution in [1.82, 2.24) is 4.72 Å². The number of hydrogen-bond acceptors (Lipinski definition) is 3. The third-order valence-electron chi connectivity index (χ3n) is 2.94. The second kappa shape index (κ2) is 6.87. The van der Waals surface area contributed by atoms with E-state index in [9.17, 15) is 8.42 Å². The number of sulfonamides is 1. The van der Waals surface area contributed by atoms with Gasteiger partial charge in [-0.25, -0.2) is 13.1 Å². The molecule has 1 aromatic carbocycles. The highest BCUT2D eigenvalue weighted by atomic mass is 32.2. The van der Waals surface area contributed by atoms with Gasteiger partial charge in [0.25, 0.3) is 0 Å². The van der Waals surface area contributed by atoms with Crippen molar-refractivity contribution in [3.05, 3.63) is 35.9 Å². The van der Waals surface area contributed by atoms with Gasteiger partial charge in [0.05, 0.1) is 5.25 Å². The lowest BCUT2D eigenvalue weighted by Gasteiger charge is -2.17. The van der Waals surface area contributed by atoms with E-state index in [1.807, 2.05) is 37.3 Å². The minimum atomic E-state index is -3.29. The van der Waals surface area contributed by atoms with Crippen molar-refractivity contribution in [2.45, 2.75) is 38.0 Å². The van der Waals surface area contributed by atoms with Crippen LogP contribution in [0, 0.1) is 0 Å². The molecule has 1 rings (SSSR count). The first-order valence-electron chi connectivity index (χ1n) is 6.21. The molecule has 2 unspecified atom stereocenters. The molecule has 0 radical (unpaired) electrons. The van der Waals surface area contributed by atoms with Crippen molar-refractivity contribution in [1.29, 1.82) is 0 Å². The topological polar surface area (TPSA) is 72.2 Å². The summed E-state index contributed by atoms with van der Waals surface area (Å²) in [4.78, 5) is 0. The van der Waals surface area contributed by atoms with E-state index in [1.165, 1.54) is 5.56 Å². The molecule has 0 amide bonds. The molecule has 102 valence electrons. The molecule has 1 aromatic rings. The fourth-order valence-corrected chi connectivity index (χ4v) is 2.77. The van der Waals surface area contributed by atoms with Crippen LogP contribution in [0.1, 0.15) is 25.8 Å². The lowest BCUT2D eigenvalue weighted by molar-refractivity contribution is 0.537. The third kappa shape index (κ3) is 4.76. The van der Waals surface area contributed by atoms with Gasteiger partial charge in [-0.1, -0.05) is 30.3 Å². The summed E-state index contributed by atoms with van der Waals surface area (Å²) in [5, 5.41) is -0.545. The molecular weight excluding hydrogens is 248 g/mol. The number of benzene rings is 1. The number of hydrogen-bond donors (Lipinski definition) is 2. The van der Waals surface area contributed by atoms with Crippen molar-refractivity contribution in [3.63, 3.8) is 0 Å². The standard InChI is InChI=1S/C13H22N2O2S/c1-11(15-18(16,17)12(2)10-14)8-9-13-6-4-3-5-7-13/h3-7,11-12,15H,8-10,14H2,1-2H3. The molecule has 0 saturated heterocycles. The van der Waals surface area contributed by atoms with Crippen LogP contribution < -0.4 is 10.5 Å². The highest BCUT2D eigenvalue weighted by molar-refractivity contribution is 7.90. The predicted octanol–water partition coefficient (Wildman–Crippen LogP) is 1.27. The van der Waals surface area contributed by atoms with Crippen LogP contribution in [-0.4, -0.2) is 26.3 Å². The molecule has 5 heteroatoms. The zero-order valence-electron chi connectivity index (χ0n) is 11.0. The molecule has 0 aromatic heterocycles. The quantitative estimate of drug-likeness (QED) is 0.784. The Morgan fingerprint density at radius 1 is 1.22 bits per heavy atom. The molecule has 0 spiro atoms. The van der Waals surface area contributed by atoms with Gasteiger partial charge in [-0.3, -0.25) is 0 Å². The van der Waals surface area contributed by atoms with E-state index in [0.29, 0.717) is 0 Å². The van der Waals surface area contributed by atoms with E-state index in [1.54, 1.807) is 6.92 Å². The van der Waals surface area contributed by atoms with Gasteiger partial charge < -0.3 is 5.73 Å². The molecule has 0 saturated carbocycles. The van der Waals surface area contributed by atoms with Crippen LogP contribution in [0.5, 0.6) is 0 Å². The maximum atomic E-state index is 11.8. The smallest absolute Gasteiger partial charge is 0.215 e. The number of nitrogens with two attached hydrogens (primary N) is 1. The molecule has 4 nitrogen and oxygen atoms in total. The van der Waals surface area contributed by atoms with Crippen molar-refractivity contribution >= 4 is 10.0 Å². The van der Waals surface area contributed by atoms with E-state index < -0.39 is 15.3 Å². The van der Waals surface area contributed by atoms with Gasteiger partial charge in [0, 0.05) is 12.6 Å². The summed E-state index contributed by atoms with van der Waals surface area (Å²) in [6, 6.07) is 9.96. The first kappa shape index (κ1) is 15.1. The summed E-state index contributed by atoms with van der Waals surface area (Å²) in [6.45, 7) is 3.64. The van der Waals surface area contributed by atoms with E-state index in [-0.39, 0.29) is 12.6 Å². The average Bonchev–Trinajstić information content (AvgIpc) is 2.36. The van der Waals surface area contributed by atoms with Crippen molar-refractivity contribution in [3.8, 4) is 0 Å². The van der Waals surface area contributed by atoms with Gasteiger partial charge in [0.2, 0.25) is 10.0 Å². The normalized spacial score (nSPS) is 15.3. The first-order valence-corrected chi connectivity index (χ1v) is 7.75. The molecule has 0 heterocycles. The number of nitrogens with one attached hydrogen (secondary N) is 1. The Morgan fingerprint density at radius 3 is 2.39 bits per heavy atom. The number of aryl methyl sites for hydroxylation is 1. The van der Waals surface area contributed by atoms with Gasteiger partial charge in [-0.15, -0.1) is 0 Å². The fourth-order valence-electron chi connectivity index (χ4n) is 1.61. The molecule has 18 heavy (non-hydrogen) atoms. The van der Waals surface area contributed by atoms with E-state index in [0.717, 1.165) is 12.8 Å². The van der Waals surface area contributed by atoms with Gasteiger partial charge in [0.1, 0.15) is 0 Å².